The van der Waals surface area contributed by atoms with Gasteiger partial charge >= 0.3 is 0 Å². The summed E-state index contributed by atoms with van der Waals surface area (Å²) >= 11 is 0. The van der Waals surface area contributed by atoms with Gasteiger partial charge in [-0.15, -0.1) is 0 Å². The Morgan fingerprint density at radius 1 is 1.17 bits per heavy atom. The van der Waals surface area contributed by atoms with E-state index < -0.39 is 20.4 Å². The van der Waals surface area contributed by atoms with Gasteiger partial charge in [-0.1, -0.05) is 42.5 Å². The van der Waals surface area contributed by atoms with Crippen LogP contribution < -0.4 is 5.32 Å². The Labute approximate surface area is 134 Å². The first-order valence-electron chi connectivity index (χ1n) is 6.82. The lowest BCUT2D eigenvalue weighted by Gasteiger charge is -2.06. The highest BCUT2D eigenvalue weighted by molar-refractivity contribution is 7.90. The van der Waals surface area contributed by atoms with Gasteiger partial charge in [0.1, 0.15) is 4.90 Å². The van der Waals surface area contributed by atoms with Crippen LogP contribution in [0, 0.1) is 10.1 Å². The quantitative estimate of drug-likeness (QED) is 0.648. The average Bonchev–Trinajstić information content (AvgIpc) is 2.51. The van der Waals surface area contributed by atoms with Crippen LogP contribution in [-0.2, 0) is 9.84 Å². The second-order valence-electron chi connectivity index (χ2n) is 4.91. The van der Waals surface area contributed by atoms with Gasteiger partial charge < -0.3 is 5.32 Å². The third-order valence-corrected chi connectivity index (χ3v) is 4.22. The van der Waals surface area contributed by atoms with Crippen LogP contribution in [0.3, 0.4) is 0 Å². The van der Waals surface area contributed by atoms with E-state index in [0.717, 1.165) is 11.8 Å². The van der Waals surface area contributed by atoms with E-state index in [1.54, 1.807) is 0 Å². The molecule has 2 rings (SSSR count). The maximum atomic E-state index is 11.7. The molecule has 0 heterocycles. The average molecular weight is 332 g/mol. The number of nitro benzene ring substituents is 1. The summed E-state index contributed by atoms with van der Waals surface area (Å²) in [6.07, 6.45) is 4.77. The van der Waals surface area contributed by atoms with Crippen molar-refractivity contribution in [2.24, 2.45) is 0 Å². The Balaban J connectivity index is 2.12. The van der Waals surface area contributed by atoms with Gasteiger partial charge in [0.05, 0.1) is 4.92 Å². The van der Waals surface area contributed by atoms with Crippen molar-refractivity contribution in [2.45, 2.75) is 4.90 Å². The van der Waals surface area contributed by atoms with Crippen LogP contribution in [0.5, 0.6) is 0 Å². The van der Waals surface area contributed by atoms with Gasteiger partial charge in [-0.05, 0) is 17.7 Å². The van der Waals surface area contributed by atoms with E-state index in [1.165, 1.54) is 18.2 Å². The monoisotopic (exact) mass is 332 g/mol. The van der Waals surface area contributed by atoms with Crippen molar-refractivity contribution in [3.8, 4) is 0 Å². The minimum absolute atomic E-state index is 0.292. The number of nitrogens with zero attached hydrogens (tertiary/aromatic N) is 1. The van der Waals surface area contributed by atoms with Crippen LogP contribution in [0.2, 0.25) is 0 Å². The van der Waals surface area contributed by atoms with E-state index in [9.17, 15) is 18.5 Å². The maximum absolute atomic E-state index is 11.7. The topological polar surface area (TPSA) is 89.3 Å². The predicted octanol–water partition coefficient (Wildman–Crippen LogP) is 3.12. The van der Waals surface area contributed by atoms with Gasteiger partial charge in [0, 0.05) is 24.6 Å². The van der Waals surface area contributed by atoms with E-state index in [-0.39, 0.29) is 4.90 Å². The zero-order valence-electron chi connectivity index (χ0n) is 12.5. The Bertz CT molecular complexity index is 830. The van der Waals surface area contributed by atoms with E-state index in [2.05, 4.69) is 5.32 Å². The minimum Gasteiger partial charge on any atom is -0.382 e. The molecule has 0 saturated heterocycles. The second-order valence-corrected chi connectivity index (χ2v) is 6.89. The lowest BCUT2D eigenvalue weighted by molar-refractivity contribution is -0.387. The minimum atomic E-state index is -3.67. The molecule has 0 saturated carbocycles. The van der Waals surface area contributed by atoms with Crippen molar-refractivity contribution in [1.82, 2.24) is 0 Å². The summed E-state index contributed by atoms with van der Waals surface area (Å²) in [5, 5.41) is 13.9. The Hall–Kier alpha value is -2.67. The molecule has 0 amide bonds. The van der Waals surface area contributed by atoms with Crippen LogP contribution in [0.15, 0.2) is 59.5 Å². The fraction of sp³-hybridized carbons (Fsp3) is 0.125. The molecule has 0 unspecified atom stereocenters. The molecule has 0 aliphatic carbocycles. The number of nitro groups is 1. The Kier molecular flexibility index (Phi) is 5.13. The molecule has 0 aromatic heterocycles. The van der Waals surface area contributed by atoms with Crippen molar-refractivity contribution in [2.75, 3.05) is 18.1 Å². The fourth-order valence-electron chi connectivity index (χ4n) is 2.01. The zero-order chi connectivity index (χ0) is 16.9. The van der Waals surface area contributed by atoms with Gasteiger partial charge in [0.2, 0.25) is 0 Å². The largest absolute Gasteiger partial charge is 0.382 e. The molecular formula is C16H16N2O4S. The Morgan fingerprint density at radius 3 is 2.48 bits per heavy atom. The molecule has 120 valence electrons. The number of rotatable bonds is 6. The van der Waals surface area contributed by atoms with E-state index in [1.807, 2.05) is 42.5 Å². The molecule has 0 spiro atoms. The van der Waals surface area contributed by atoms with Gasteiger partial charge in [-0.25, -0.2) is 8.42 Å². The molecule has 23 heavy (non-hydrogen) atoms. The fourth-order valence-corrected chi connectivity index (χ4v) is 2.87. The van der Waals surface area contributed by atoms with Gasteiger partial charge in [0.25, 0.3) is 5.69 Å². The molecule has 2 aromatic rings. The lowest BCUT2D eigenvalue weighted by atomic mass is 10.2. The van der Waals surface area contributed by atoms with Gasteiger partial charge in [0.15, 0.2) is 9.84 Å². The summed E-state index contributed by atoms with van der Waals surface area (Å²) in [5.41, 5.74) is 1.14. The molecule has 0 radical (unpaired) electrons. The molecule has 2 aromatic carbocycles. The standard InChI is InChI=1S/C16H16N2O4S/c1-23(21,22)16-12-14(9-10-15(16)18(19)20)17-11-5-8-13-6-3-2-4-7-13/h2-10,12,17H,11H2,1H3/b8-5+. The molecule has 0 atom stereocenters. The predicted molar refractivity (Wildman–Crippen MR) is 90.2 cm³/mol. The van der Waals surface area contributed by atoms with Crippen molar-refractivity contribution in [1.29, 1.82) is 0 Å². The smallest absolute Gasteiger partial charge is 0.288 e. The molecule has 1 N–H and O–H groups in total. The first kappa shape index (κ1) is 16.7. The summed E-state index contributed by atoms with van der Waals surface area (Å²) in [7, 11) is -3.67. The summed E-state index contributed by atoms with van der Waals surface area (Å²) in [6.45, 7) is 0.468. The molecule has 6 nitrogen and oxygen atoms in total. The highest BCUT2D eigenvalue weighted by Crippen LogP contribution is 2.26. The highest BCUT2D eigenvalue weighted by atomic mass is 32.2. The normalized spacial score (nSPS) is 11.5. The molecule has 0 aliphatic heterocycles. The molecule has 0 fully saturated rings. The number of hydrogen-bond donors (Lipinski definition) is 1. The van der Waals surface area contributed by atoms with Crippen LogP contribution in [0.25, 0.3) is 6.08 Å². The van der Waals surface area contributed by atoms with Gasteiger partial charge in [-0.3, -0.25) is 10.1 Å². The second kappa shape index (κ2) is 7.06. The number of sulfone groups is 1. The number of anilines is 1. The summed E-state index contributed by atoms with van der Waals surface area (Å²) in [5.74, 6) is 0. The lowest BCUT2D eigenvalue weighted by Crippen LogP contribution is -2.05. The Morgan fingerprint density at radius 2 is 1.87 bits per heavy atom. The van der Waals surface area contributed by atoms with Crippen molar-refractivity contribution < 1.29 is 13.3 Å². The van der Waals surface area contributed by atoms with Crippen LogP contribution in [-0.4, -0.2) is 26.1 Å². The molecule has 7 heteroatoms. The number of hydrogen-bond acceptors (Lipinski definition) is 5. The summed E-state index contributed by atoms with van der Waals surface area (Å²) in [4.78, 5) is 9.92. The molecular weight excluding hydrogens is 316 g/mol. The third-order valence-electron chi connectivity index (χ3n) is 3.09. The third kappa shape index (κ3) is 4.65. The molecule has 0 bridgehead atoms. The SMILES string of the molecule is CS(=O)(=O)c1cc(NC/C=C/c2ccccc2)ccc1[N+](=O)[O-]. The van der Waals surface area contributed by atoms with Crippen molar-refractivity contribution in [3.05, 3.63) is 70.3 Å². The van der Waals surface area contributed by atoms with Crippen molar-refractivity contribution in [3.63, 3.8) is 0 Å². The first-order chi connectivity index (χ1) is 10.9. The van der Waals surface area contributed by atoms with Crippen LogP contribution in [0.1, 0.15) is 5.56 Å². The van der Waals surface area contributed by atoms with E-state index >= 15 is 0 Å². The zero-order valence-corrected chi connectivity index (χ0v) is 13.3. The highest BCUT2D eigenvalue weighted by Gasteiger charge is 2.22. The summed E-state index contributed by atoms with van der Waals surface area (Å²) < 4.78 is 23.4. The van der Waals surface area contributed by atoms with E-state index in [4.69, 9.17) is 0 Å². The van der Waals surface area contributed by atoms with Crippen LogP contribution in [0.4, 0.5) is 11.4 Å². The van der Waals surface area contributed by atoms with Gasteiger partial charge in [-0.2, -0.15) is 0 Å². The number of benzene rings is 2. The van der Waals surface area contributed by atoms with E-state index in [0.29, 0.717) is 12.2 Å². The first-order valence-corrected chi connectivity index (χ1v) is 8.71. The maximum Gasteiger partial charge on any atom is 0.288 e. The van der Waals surface area contributed by atoms with Crippen molar-refractivity contribution >= 4 is 27.3 Å². The number of nitrogens with one attached hydrogen (secondary N) is 1. The molecule has 0 aliphatic rings. The van der Waals surface area contributed by atoms with Crippen LogP contribution >= 0.6 is 0 Å². The summed E-state index contributed by atoms with van der Waals surface area (Å²) in [6, 6.07) is 13.7.